The number of halogens is 4. The van der Waals surface area contributed by atoms with E-state index in [1.807, 2.05) is 0 Å². The second-order valence-electron chi connectivity index (χ2n) is 3.57. The topological polar surface area (TPSA) is 9.23 Å². The summed E-state index contributed by atoms with van der Waals surface area (Å²) in [5.74, 6) is -5.46. The highest BCUT2D eigenvalue weighted by Gasteiger charge is 2.20. The summed E-state index contributed by atoms with van der Waals surface area (Å²) in [4.78, 5) is 0. The summed E-state index contributed by atoms with van der Waals surface area (Å²) >= 11 is 0. The minimum absolute atomic E-state index is 0.102. The van der Waals surface area contributed by atoms with Crippen LogP contribution < -0.4 is 4.74 Å². The van der Waals surface area contributed by atoms with Crippen molar-refractivity contribution in [3.63, 3.8) is 0 Å². The molecule has 5 heteroatoms. The lowest BCUT2D eigenvalue weighted by atomic mass is 10.0. The van der Waals surface area contributed by atoms with E-state index in [9.17, 15) is 17.6 Å². The van der Waals surface area contributed by atoms with Gasteiger partial charge in [-0.25, -0.2) is 17.6 Å². The van der Waals surface area contributed by atoms with Crippen LogP contribution in [0, 0.1) is 23.3 Å². The Balaban J connectivity index is 2.59. The molecule has 1 nitrogen and oxygen atoms in total. The van der Waals surface area contributed by atoms with Crippen molar-refractivity contribution in [3.8, 4) is 16.9 Å². The quantitative estimate of drug-likeness (QED) is 0.449. The smallest absolute Gasteiger partial charge is 0.195 e. The van der Waals surface area contributed by atoms with Crippen LogP contribution in [0.5, 0.6) is 5.75 Å². The van der Waals surface area contributed by atoms with E-state index in [2.05, 4.69) is 0 Å². The molecule has 0 aliphatic rings. The van der Waals surface area contributed by atoms with Crippen LogP contribution in [0.15, 0.2) is 30.3 Å². The lowest BCUT2D eigenvalue weighted by molar-refractivity contribution is 0.415. The van der Waals surface area contributed by atoms with Crippen molar-refractivity contribution in [2.24, 2.45) is 0 Å². The van der Waals surface area contributed by atoms with Gasteiger partial charge in [0, 0.05) is 6.07 Å². The molecule has 0 aromatic heterocycles. The van der Waals surface area contributed by atoms with Gasteiger partial charge in [-0.05, 0) is 17.7 Å². The molecule has 0 bridgehead atoms. The molecule has 0 spiro atoms. The number of methoxy groups -OCH3 is 1. The van der Waals surface area contributed by atoms with E-state index in [1.165, 1.54) is 31.4 Å². The summed E-state index contributed by atoms with van der Waals surface area (Å²) in [7, 11) is 1.44. The normalized spacial score (nSPS) is 10.5. The molecule has 2 aromatic rings. The van der Waals surface area contributed by atoms with Gasteiger partial charge in [0.2, 0.25) is 0 Å². The zero-order valence-electron chi connectivity index (χ0n) is 9.31. The molecule has 0 fully saturated rings. The van der Waals surface area contributed by atoms with E-state index in [-0.39, 0.29) is 5.56 Å². The summed E-state index contributed by atoms with van der Waals surface area (Å²) < 4.78 is 57.7. The first kappa shape index (κ1) is 12.4. The number of hydrogen-bond acceptors (Lipinski definition) is 1. The van der Waals surface area contributed by atoms with Gasteiger partial charge in [-0.15, -0.1) is 0 Å². The van der Waals surface area contributed by atoms with Gasteiger partial charge in [0.05, 0.1) is 12.7 Å². The van der Waals surface area contributed by atoms with Crippen molar-refractivity contribution in [3.05, 3.63) is 53.6 Å². The fourth-order valence-corrected chi connectivity index (χ4v) is 1.59. The van der Waals surface area contributed by atoms with Crippen LogP contribution in [-0.4, -0.2) is 7.11 Å². The van der Waals surface area contributed by atoms with E-state index in [0.717, 1.165) is 0 Å². The highest BCUT2D eigenvalue weighted by molar-refractivity contribution is 5.65. The van der Waals surface area contributed by atoms with Gasteiger partial charge < -0.3 is 4.74 Å². The van der Waals surface area contributed by atoms with Crippen LogP contribution in [-0.2, 0) is 0 Å². The Labute approximate surface area is 101 Å². The first-order valence-corrected chi connectivity index (χ1v) is 5.02. The monoisotopic (exact) mass is 256 g/mol. The lowest BCUT2D eigenvalue weighted by Crippen LogP contribution is -1.98. The molecule has 2 rings (SSSR count). The van der Waals surface area contributed by atoms with Crippen molar-refractivity contribution in [1.82, 2.24) is 0 Å². The largest absolute Gasteiger partial charge is 0.497 e. The number of hydrogen-bond donors (Lipinski definition) is 0. The van der Waals surface area contributed by atoms with E-state index < -0.39 is 28.8 Å². The van der Waals surface area contributed by atoms with Crippen LogP contribution in [0.4, 0.5) is 17.6 Å². The molecule has 0 N–H and O–H groups in total. The van der Waals surface area contributed by atoms with Gasteiger partial charge in [-0.1, -0.05) is 12.1 Å². The molecule has 0 atom stereocenters. The van der Waals surface area contributed by atoms with Crippen LogP contribution in [0.1, 0.15) is 0 Å². The van der Waals surface area contributed by atoms with E-state index in [4.69, 9.17) is 4.74 Å². The molecule has 2 aromatic carbocycles. The third-order valence-corrected chi connectivity index (χ3v) is 2.49. The molecular weight excluding hydrogens is 248 g/mol. The second-order valence-corrected chi connectivity index (χ2v) is 3.57. The van der Waals surface area contributed by atoms with E-state index in [0.29, 0.717) is 11.8 Å². The Morgan fingerprint density at radius 2 is 1.44 bits per heavy atom. The highest BCUT2D eigenvalue weighted by Crippen LogP contribution is 2.30. The Bertz CT molecular complexity index is 579. The molecular formula is C13H8F4O. The minimum atomic E-state index is -1.69. The summed E-state index contributed by atoms with van der Waals surface area (Å²) in [6.45, 7) is 0. The fraction of sp³-hybridized carbons (Fsp3) is 0.0769. The molecule has 0 amide bonds. The molecule has 0 aliphatic heterocycles. The van der Waals surface area contributed by atoms with Gasteiger partial charge in [0.15, 0.2) is 17.5 Å². The number of rotatable bonds is 2. The zero-order valence-corrected chi connectivity index (χ0v) is 9.31. The molecule has 0 radical (unpaired) electrons. The third-order valence-electron chi connectivity index (χ3n) is 2.49. The van der Waals surface area contributed by atoms with Crippen molar-refractivity contribution < 1.29 is 22.3 Å². The second kappa shape index (κ2) is 4.68. The Morgan fingerprint density at radius 1 is 0.833 bits per heavy atom. The molecule has 0 saturated carbocycles. The Kier molecular flexibility index (Phi) is 3.23. The van der Waals surface area contributed by atoms with Gasteiger partial charge in [-0.3, -0.25) is 0 Å². The average Bonchev–Trinajstić information content (AvgIpc) is 2.37. The maximum Gasteiger partial charge on any atom is 0.195 e. The van der Waals surface area contributed by atoms with Gasteiger partial charge in [-0.2, -0.15) is 0 Å². The summed E-state index contributed by atoms with van der Waals surface area (Å²) in [5, 5.41) is 0. The van der Waals surface area contributed by atoms with E-state index in [1.54, 1.807) is 0 Å². The maximum atomic E-state index is 13.5. The van der Waals surface area contributed by atoms with Crippen molar-refractivity contribution in [2.45, 2.75) is 0 Å². The Hall–Kier alpha value is -2.04. The number of ether oxygens (including phenoxy) is 1. The summed E-state index contributed by atoms with van der Waals surface area (Å²) in [6.07, 6.45) is 0. The first-order chi connectivity index (χ1) is 8.54. The third kappa shape index (κ3) is 2.03. The van der Waals surface area contributed by atoms with Crippen LogP contribution >= 0.6 is 0 Å². The van der Waals surface area contributed by atoms with Crippen molar-refractivity contribution in [2.75, 3.05) is 7.11 Å². The van der Waals surface area contributed by atoms with E-state index >= 15 is 0 Å². The predicted molar refractivity (Wildman–Crippen MR) is 58.3 cm³/mol. The molecule has 0 heterocycles. The summed E-state index contributed by atoms with van der Waals surface area (Å²) in [6, 6.07) is 5.97. The lowest BCUT2D eigenvalue weighted by Gasteiger charge is -2.07. The predicted octanol–water partition coefficient (Wildman–Crippen LogP) is 3.92. The highest BCUT2D eigenvalue weighted by atomic mass is 19.2. The SMILES string of the molecule is COc1ccc(-c2c(F)cc(F)c(F)c2F)cc1. The minimum Gasteiger partial charge on any atom is -0.497 e. The fourth-order valence-electron chi connectivity index (χ4n) is 1.59. The average molecular weight is 256 g/mol. The molecule has 0 unspecified atom stereocenters. The molecule has 0 saturated heterocycles. The zero-order chi connectivity index (χ0) is 13.3. The standard InChI is InChI=1S/C13H8F4O/c1-18-8-4-2-7(3-5-8)11-9(14)6-10(15)12(16)13(11)17/h2-6H,1H3. The van der Waals surface area contributed by atoms with Gasteiger partial charge in [0.1, 0.15) is 11.6 Å². The first-order valence-electron chi connectivity index (χ1n) is 5.02. The van der Waals surface area contributed by atoms with Crippen LogP contribution in [0.3, 0.4) is 0 Å². The van der Waals surface area contributed by atoms with Gasteiger partial charge >= 0.3 is 0 Å². The maximum absolute atomic E-state index is 13.5. The van der Waals surface area contributed by atoms with Crippen molar-refractivity contribution >= 4 is 0 Å². The molecule has 18 heavy (non-hydrogen) atoms. The Morgan fingerprint density at radius 3 is 2.00 bits per heavy atom. The molecule has 94 valence electrons. The van der Waals surface area contributed by atoms with Crippen LogP contribution in [0.2, 0.25) is 0 Å². The van der Waals surface area contributed by atoms with Gasteiger partial charge in [0.25, 0.3) is 0 Å². The van der Waals surface area contributed by atoms with Crippen LogP contribution in [0.25, 0.3) is 11.1 Å². The molecule has 0 aliphatic carbocycles. The summed E-state index contributed by atoms with van der Waals surface area (Å²) in [5.41, 5.74) is -0.499. The number of benzene rings is 2. The van der Waals surface area contributed by atoms with Crippen molar-refractivity contribution in [1.29, 1.82) is 0 Å².